The van der Waals surface area contributed by atoms with Gasteiger partial charge in [0.1, 0.15) is 0 Å². The molecule has 80 valence electrons. The normalized spacial score (nSPS) is 11.1. The van der Waals surface area contributed by atoms with Crippen LogP contribution in [0.15, 0.2) is 40.6 Å². The van der Waals surface area contributed by atoms with Crippen LogP contribution in [-0.4, -0.2) is 9.38 Å². The fourth-order valence-corrected chi connectivity index (χ4v) is 2.54. The molecule has 0 radical (unpaired) electrons. The van der Waals surface area contributed by atoms with Crippen molar-refractivity contribution >= 4 is 16.9 Å². The SMILES string of the molecule is Cc1cc2cc(-c3cccs3)cn2c(=O)[nH]1. The van der Waals surface area contributed by atoms with Crippen LogP contribution in [-0.2, 0) is 0 Å². The van der Waals surface area contributed by atoms with E-state index < -0.39 is 0 Å². The minimum Gasteiger partial charge on any atom is -0.311 e. The summed E-state index contributed by atoms with van der Waals surface area (Å²) in [7, 11) is 0. The first-order valence-corrected chi connectivity index (χ1v) is 5.88. The number of aromatic nitrogens is 2. The molecule has 0 aromatic carbocycles. The molecule has 3 aromatic heterocycles. The quantitative estimate of drug-likeness (QED) is 0.685. The lowest BCUT2D eigenvalue weighted by atomic mass is 10.2. The first-order chi connectivity index (χ1) is 7.74. The van der Waals surface area contributed by atoms with Gasteiger partial charge in [0.15, 0.2) is 0 Å². The fraction of sp³-hybridized carbons (Fsp3) is 0.0833. The molecule has 0 aliphatic carbocycles. The van der Waals surface area contributed by atoms with Gasteiger partial charge in [-0.15, -0.1) is 11.3 Å². The molecular formula is C12H10N2OS. The van der Waals surface area contributed by atoms with Gasteiger partial charge in [-0.25, -0.2) is 4.79 Å². The monoisotopic (exact) mass is 230 g/mol. The van der Waals surface area contributed by atoms with E-state index in [-0.39, 0.29) is 5.69 Å². The molecule has 16 heavy (non-hydrogen) atoms. The van der Waals surface area contributed by atoms with Crippen LogP contribution in [0.3, 0.4) is 0 Å². The van der Waals surface area contributed by atoms with Crippen LogP contribution in [0.2, 0.25) is 0 Å². The smallest absolute Gasteiger partial charge is 0.311 e. The minimum atomic E-state index is -0.0854. The van der Waals surface area contributed by atoms with Gasteiger partial charge in [-0.1, -0.05) is 6.07 Å². The summed E-state index contributed by atoms with van der Waals surface area (Å²) in [4.78, 5) is 15.7. The summed E-state index contributed by atoms with van der Waals surface area (Å²) in [6.45, 7) is 1.89. The van der Waals surface area contributed by atoms with Gasteiger partial charge in [-0.05, 0) is 30.5 Å². The first-order valence-electron chi connectivity index (χ1n) is 5.00. The Bertz CT molecular complexity index is 691. The largest absolute Gasteiger partial charge is 0.330 e. The average molecular weight is 230 g/mol. The summed E-state index contributed by atoms with van der Waals surface area (Å²) in [6.07, 6.45) is 1.87. The Balaban J connectivity index is 2.31. The second-order valence-corrected chi connectivity index (χ2v) is 4.71. The van der Waals surface area contributed by atoms with Crippen molar-refractivity contribution in [2.24, 2.45) is 0 Å². The molecule has 0 atom stereocenters. The van der Waals surface area contributed by atoms with E-state index >= 15 is 0 Å². The van der Waals surface area contributed by atoms with Crippen molar-refractivity contribution in [3.63, 3.8) is 0 Å². The van der Waals surface area contributed by atoms with Crippen molar-refractivity contribution in [2.45, 2.75) is 6.92 Å². The molecular weight excluding hydrogens is 220 g/mol. The van der Waals surface area contributed by atoms with Crippen LogP contribution in [0.25, 0.3) is 16.0 Å². The predicted octanol–water partition coefficient (Wildman–Crippen LogP) is 2.66. The third kappa shape index (κ3) is 1.39. The fourth-order valence-electron chi connectivity index (χ4n) is 1.83. The van der Waals surface area contributed by atoms with Crippen LogP contribution in [0.5, 0.6) is 0 Å². The maximum absolute atomic E-state index is 11.7. The molecule has 0 aliphatic rings. The zero-order valence-electron chi connectivity index (χ0n) is 8.73. The maximum atomic E-state index is 11.7. The predicted molar refractivity (Wildman–Crippen MR) is 66.1 cm³/mol. The van der Waals surface area contributed by atoms with E-state index in [9.17, 15) is 4.79 Å². The van der Waals surface area contributed by atoms with Crippen LogP contribution in [0.4, 0.5) is 0 Å². The van der Waals surface area contributed by atoms with E-state index in [0.29, 0.717) is 0 Å². The van der Waals surface area contributed by atoms with Crippen molar-refractivity contribution < 1.29 is 0 Å². The molecule has 0 bridgehead atoms. The third-order valence-corrected chi connectivity index (χ3v) is 3.46. The zero-order chi connectivity index (χ0) is 11.1. The topological polar surface area (TPSA) is 37.3 Å². The molecule has 3 rings (SSSR count). The molecule has 3 heterocycles. The molecule has 0 amide bonds. The molecule has 0 aliphatic heterocycles. The Morgan fingerprint density at radius 2 is 2.25 bits per heavy atom. The highest BCUT2D eigenvalue weighted by Gasteiger charge is 2.05. The Morgan fingerprint density at radius 1 is 1.38 bits per heavy atom. The molecule has 0 unspecified atom stereocenters. The number of H-pyrrole nitrogens is 1. The molecule has 0 saturated carbocycles. The lowest BCUT2D eigenvalue weighted by Crippen LogP contribution is -2.15. The summed E-state index contributed by atoms with van der Waals surface area (Å²) in [5.41, 5.74) is 2.82. The zero-order valence-corrected chi connectivity index (χ0v) is 9.54. The van der Waals surface area contributed by atoms with Crippen molar-refractivity contribution in [3.8, 4) is 10.4 Å². The Labute approximate surface area is 96.0 Å². The van der Waals surface area contributed by atoms with Crippen LogP contribution in [0, 0.1) is 6.92 Å². The molecule has 0 fully saturated rings. The van der Waals surface area contributed by atoms with Crippen molar-refractivity contribution in [2.75, 3.05) is 0 Å². The number of fused-ring (bicyclic) bond motifs is 1. The molecule has 3 aromatic rings. The van der Waals surface area contributed by atoms with Gasteiger partial charge in [0, 0.05) is 22.3 Å². The van der Waals surface area contributed by atoms with E-state index in [2.05, 4.69) is 11.1 Å². The number of thiophene rings is 1. The highest BCUT2D eigenvalue weighted by molar-refractivity contribution is 7.13. The number of aromatic amines is 1. The molecule has 0 spiro atoms. The van der Waals surface area contributed by atoms with Crippen LogP contribution in [0.1, 0.15) is 5.69 Å². The van der Waals surface area contributed by atoms with Crippen LogP contribution < -0.4 is 5.69 Å². The number of nitrogens with zero attached hydrogens (tertiary/aromatic N) is 1. The Hall–Kier alpha value is -1.81. The Kier molecular flexibility index (Phi) is 1.97. The van der Waals surface area contributed by atoms with Gasteiger partial charge in [0.05, 0.1) is 5.52 Å². The summed E-state index contributed by atoms with van der Waals surface area (Å²) in [6, 6.07) is 8.07. The van der Waals surface area contributed by atoms with E-state index in [1.54, 1.807) is 15.7 Å². The van der Waals surface area contributed by atoms with E-state index in [0.717, 1.165) is 16.8 Å². The maximum Gasteiger partial charge on any atom is 0.330 e. The van der Waals surface area contributed by atoms with Gasteiger partial charge in [0.25, 0.3) is 0 Å². The number of rotatable bonds is 1. The number of aryl methyl sites for hydroxylation is 1. The molecule has 0 saturated heterocycles. The van der Waals surface area contributed by atoms with E-state index in [4.69, 9.17) is 0 Å². The molecule has 3 nitrogen and oxygen atoms in total. The van der Waals surface area contributed by atoms with Gasteiger partial charge < -0.3 is 4.98 Å². The standard InChI is InChI=1S/C12H10N2OS/c1-8-5-10-6-9(11-3-2-4-16-11)7-14(10)12(15)13-8/h2-7H,1H3,(H,13,15). The van der Waals surface area contributed by atoms with Gasteiger partial charge in [-0.3, -0.25) is 4.40 Å². The highest BCUT2D eigenvalue weighted by atomic mass is 32.1. The van der Waals surface area contributed by atoms with E-state index in [1.165, 1.54) is 4.88 Å². The number of nitrogens with one attached hydrogen (secondary N) is 1. The summed E-state index contributed by atoms with van der Waals surface area (Å²) in [5, 5.41) is 2.03. The minimum absolute atomic E-state index is 0.0854. The van der Waals surface area contributed by atoms with E-state index in [1.807, 2.05) is 36.7 Å². The summed E-state index contributed by atoms with van der Waals surface area (Å²) >= 11 is 1.68. The van der Waals surface area contributed by atoms with Crippen molar-refractivity contribution in [1.82, 2.24) is 9.38 Å². The van der Waals surface area contributed by atoms with Crippen molar-refractivity contribution in [1.29, 1.82) is 0 Å². The van der Waals surface area contributed by atoms with Gasteiger partial charge in [0.2, 0.25) is 0 Å². The average Bonchev–Trinajstić information content (AvgIpc) is 2.82. The summed E-state index contributed by atoms with van der Waals surface area (Å²) < 4.78 is 1.64. The molecule has 4 heteroatoms. The second kappa shape index (κ2) is 3.35. The third-order valence-electron chi connectivity index (χ3n) is 2.54. The summed E-state index contributed by atoms with van der Waals surface area (Å²) in [5.74, 6) is 0. The lowest BCUT2D eigenvalue weighted by Gasteiger charge is -1.94. The second-order valence-electron chi connectivity index (χ2n) is 3.76. The number of hydrogen-bond donors (Lipinski definition) is 1. The van der Waals surface area contributed by atoms with Gasteiger partial charge >= 0.3 is 5.69 Å². The highest BCUT2D eigenvalue weighted by Crippen LogP contribution is 2.26. The number of hydrogen-bond acceptors (Lipinski definition) is 2. The first kappa shape index (κ1) is 9.42. The Morgan fingerprint density at radius 3 is 3.00 bits per heavy atom. The molecule has 1 N–H and O–H groups in total. The van der Waals surface area contributed by atoms with Crippen molar-refractivity contribution in [3.05, 3.63) is 52.0 Å². The van der Waals surface area contributed by atoms with Crippen LogP contribution >= 0.6 is 11.3 Å². The lowest BCUT2D eigenvalue weighted by molar-refractivity contribution is 0.979. The van der Waals surface area contributed by atoms with Gasteiger partial charge in [-0.2, -0.15) is 0 Å².